The van der Waals surface area contributed by atoms with Gasteiger partial charge in [0.1, 0.15) is 0 Å². The molecule has 3 N–H and O–H groups in total. The van der Waals surface area contributed by atoms with Gasteiger partial charge in [0.2, 0.25) is 0 Å². The monoisotopic (exact) mass is 588 g/mol. The fraction of sp³-hybridized carbons (Fsp3) is 0.278. The second-order valence-corrected chi connectivity index (χ2v) is 9.21. The molecule has 0 aliphatic heterocycles. The maximum Gasteiger partial charge on any atom is 0.277 e. The van der Waals surface area contributed by atoms with E-state index in [1.807, 2.05) is 0 Å². The van der Waals surface area contributed by atoms with Crippen LogP contribution in [-0.2, 0) is 4.84 Å². The number of aliphatic hydroxyl groups excluding tert-OH is 1. The van der Waals surface area contributed by atoms with Crippen LogP contribution in [0.25, 0.3) is 0 Å². The first-order chi connectivity index (χ1) is 13.1. The predicted octanol–water partition coefficient (Wildman–Crippen LogP) is 5.41. The number of rotatable bonds is 7. The van der Waals surface area contributed by atoms with E-state index in [0.29, 0.717) is 5.69 Å². The fourth-order valence-corrected chi connectivity index (χ4v) is 3.33. The number of hydrogen-bond donors (Lipinski definition) is 3. The van der Waals surface area contributed by atoms with Crippen molar-refractivity contribution < 1.29 is 23.5 Å². The number of hydroxylamine groups is 1. The van der Waals surface area contributed by atoms with E-state index in [4.69, 9.17) is 16.4 Å². The van der Waals surface area contributed by atoms with Crippen LogP contribution in [0.5, 0.6) is 0 Å². The van der Waals surface area contributed by atoms with E-state index in [0.717, 1.165) is 9.64 Å². The number of halogens is 5. The van der Waals surface area contributed by atoms with Crippen LogP contribution in [0.15, 0.2) is 28.7 Å². The Bertz CT molecular complexity index is 900. The van der Waals surface area contributed by atoms with Crippen molar-refractivity contribution in [1.29, 1.82) is 0 Å². The molecule has 0 spiro atoms. The van der Waals surface area contributed by atoms with E-state index in [1.54, 1.807) is 32.0 Å². The lowest BCUT2D eigenvalue weighted by Crippen LogP contribution is -2.32. The zero-order chi connectivity index (χ0) is 21.1. The summed E-state index contributed by atoms with van der Waals surface area (Å²) in [6, 6.07) is 6.09. The van der Waals surface area contributed by atoms with Crippen molar-refractivity contribution in [2.75, 3.05) is 18.5 Å². The molecule has 0 saturated carbocycles. The zero-order valence-electron chi connectivity index (χ0n) is 14.9. The third kappa shape index (κ3) is 5.76. The predicted molar refractivity (Wildman–Crippen MR) is 116 cm³/mol. The molecule has 10 heteroatoms. The molecule has 0 bridgehead atoms. The highest BCUT2D eigenvalue weighted by molar-refractivity contribution is 14.1. The summed E-state index contributed by atoms with van der Waals surface area (Å²) in [6.45, 7) is 3.33. The van der Waals surface area contributed by atoms with Gasteiger partial charge in [0.15, 0.2) is 11.6 Å². The Morgan fingerprint density at radius 3 is 2.61 bits per heavy atom. The Balaban J connectivity index is 2.34. The number of hydrogen-bond acceptors (Lipinski definition) is 4. The van der Waals surface area contributed by atoms with E-state index in [-0.39, 0.29) is 34.0 Å². The summed E-state index contributed by atoms with van der Waals surface area (Å²) in [6.07, 6.45) is 0. The number of carbonyl (C=O) groups excluding carboxylic acids is 1. The van der Waals surface area contributed by atoms with Gasteiger partial charge >= 0.3 is 0 Å². The number of aliphatic hydroxyl groups is 1. The van der Waals surface area contributed by atoms with E-state index >= 15 is 0 Å². The molecule has 0 saturated heterocycles. The van der Waals surface area contributed by atoms with E-state index in [2.05, 4.69) is 49.3 Å². The number of benzene rings is 2. The lowest BCUT2D eigenvalue weighted by Gasteiger charge is -2.21. The normalized spacial score (nSPS) is 11.4. The minimum atomic E-state index is -1.25. The van der Waals surface area contributed by atoms with Gasteiger partial charge in [-0.2, -0.15) is 0 Å². The van der Waals surface area contributed by atoms with Gasteiger partial charge in [0.05, 0.1) is 39.6 Å². The third-order valence-electron chi connectivity index (χ3n) is 3.65. The van der Waals surface area contributed by atoms with Crippen LogP contribution in [0.2, 0.25) is 5.02 Å². The highest BCUT2D eigenvalue weighted by Crippen LogP contribution is 2.34. The van der Waals surface area contributed by atoms with Crippen LogP contribution in [0.4, 0.5) is 20.2 Å². The molecule has 2 rings (SSSR count). The van der Waals surface area contributed by atoms with E-state index < -0.39 is 23.0 Å². The number of anilines is 2. The minimum Gasteiger partial charge on any atom is -0.396 e. The molecule has 28 heavy (non-hydrogen) atoms. The van der Waals surface area contributed by atoms with Gasteiger partial charge in [0.25, 0.3) is 5.91 Å². The van der Waals surface area contributed by atoms with Gasteiger partial charge in [-0.25, -0.2) is 14.3 Å². The molecule has 5 nitrogen and oxygen atoms in total. The summed E-state index contributed by atoms with van der Waals surface area (Å²) in [5, 5.41) is 12.2. The molecule has 0 unspecified atom stereocenters. The van der Waals surface area contributed by atoms with Gasteiger partial charge in [-0.1, -0.05) is 25.4 Å². The van der Waals surface area contributed by atoms with Gasteiger partial charge in [-0.3, -0.25) is 9.63 Å². The van der Waals surface area contributed by atoms with Crippen molar-refractivity contribution >= 4 is 67.4 Å². The smallest absolute Gasteiger partial charge is 0.277 e. The highest BCUT2D eigenvalue weighted by Gasteiger charge is 2.24. The topological polar surface area (TPSA) is 70.6 Å². The van der Waals surface area contributed by atoms with Crippen molar-refractivity contribution in [2.24, 2.45) is 5.41 Å². The SMILES string of the molecule is CC(C)(CO)CONC(=O)c1cc(Br)c(F)c(F)c1Nc1ccc(I)cc1Cl. The number of carbonyl (C=O) groups is 1. The maximum atomic E-state index is 14.6. The lowest BCUT2D eigenvalue weighted by atomic mass is 9.97. The molecular formula is C18H17BrClF2IN2O3. The number of nitrogens with one attached hydrogen (secondary N) is 2. The van der Waals surface area contributed by atoms with Crippen molar-refractivity contribution in [3.05, 3.63) is 54.5 Å². The molecule has 0 aliphatic rings. The van der Waals surface area contributed by atoms with Crippen LogP contribution in [-0.4, -0.2) is 24.2 Å². The van der Waals surface area contributed by atoms with Gasteiger partial charge in [0, 0.05) is 8.99 Å². The Morgan fingerprint density at radius 2 is 2.00 bits per heavy atom. The third-order valence-corrected chi connectivity index (χ3v) is 5.21. The van der Waals surface area contributed by atoms with Crippen molar-refractivity contribution in [3.8, 4) is 0 Å². The first-order valence-electron chi connectivity index (χ1n) is 7.98. The summed E-state index contributed by atoms with van der Waals surface area (Å²) in [7, 11) is 0. The van der Waals surface area contributed by atoms with Gasteiger partial charge in [-0.05, 0) is 62.8 Å². The summed E-state index contributed by atoms with van der Waals surface area (Å²) < 4.78 is 29.3. The summed E-state index contributed by atoms with van der Waals surface area (Å²) >= 11 is 11.1. The van der Waals surface area contributed by atoms with Crippen LogP contribution >= 0.6 is 50.1 Å². The molecule has 2 aromatic rings. The van der Waals surface area contributed by atoms with Crippen LogP contribution in [0.1, 0.15) is 24.2 Å². The molecule has 0 atom stereocenters. The largest absolute Gasteiger partial charge is 0.396 e. The second kappa shape index (κ2) is 9.66. The standard InChI is InChI=1S/C18H17BrClF2IN2O3/c1-18(2,7-26)8-28-25-17(27)10-6-11(19)14(21)15(22)16(10)24-13-4-3-9(23)5-12(13)20/h3-6,24,26H,7-8H2,1-2H3,(H,25,27). The Kier molecular flexibility index (Phi) is 8.03. The molecule has 0 aromatic heterocycles. The second-order valence-electron chi connectivity index (χ2n) is 6.70. The quantitative estimate of drug-likeness (QED) is 0.230. The molecule has 0 heterocycles. The lowest BCUT2D eigenvalue weighted by molar-refractivity contribution is -0.0197. The first kappa shape index (κ1) is 23.3. The van der Waals surface area contributed by atoms with Gasteiger partial charge < -0.3 is 10.4 Å². The van der Waals surface area contributed by atoms with Crippen LogP contribution in [0.3, 0.4) is 0 Å². The van der Waals surface area contributed by atoms with Crippen molar-refractivity contribution in [3.63, 3.8) is 0 Å². The average molecular weight is 590 g/mol. The first-order valence-corrected chi connectivity index (χ1v) is 10.2. The molecule has 1 amide bonds. The van der Waals surface area contributed by atoms with Gasteiger partial charge in [-0.15, -0.1) is 0 Å². The number of amides is 1. The minimum absolute atomic E-state index is 0.0196. The molecule has 0 radical (unpaired) electrons. The maximum absolute atomic E-state index is 14.6. The Labute approximate surface area is 188 Å². The average Bonchev–Trinajstić information content (AvgIpc) is 2.63. The highest BCUT2D eigenvalue weighted by atomic mass is 127. The molecular weight excluding hydrogens is 572 g/mol. The Hall–Kier alpha value is -1.01. The van der Waals surface area contributed by atoms with Crippen molar-refractivity contribution in [2.45, 2.75) is 13.8 Å². The Morgan fingerprint density at radius 1 is 1.32 bits per heavy atom. The van der Waals surface area contributed by atoms with E-state index in [9.17, 15) is 18.7 Å². The van der Waals surface area contributed by atoms with Crippen LogP contribution < -0.4 is 10.8 Å². The fourth-order valence-electron chi connectivity index (χ4n) is 2.02. The molecule has 0 aliphatic carbocycles. The molecule has 0 fully saturated rings. The molecule has 2 aromatic carbocycles. The van der Waals surface area contributed by atoms with Crippen molar-refractivity contribution in [1.82, 2.24) is 5.48 Å². The summed E-state index contributed by atoms with van der Waals surface area (Å²) in [4.78, 5) is 17.6. The zero-order valence-corrected chi connectivity index (χ0v) is 19.4. The summed E-state index contributed by atoms with van der Waals surface area (Å²) in [5.74, 6) is -3.19. The summed E-state index contributed by atoms with van der Waals surface area (Å²) in [5.41, 5.74) is 1.32. The van der Waals surface area contributed by atoms with Crippen LogP contribution in [0, 0.1) is 20.6 Å². The molecule has 152 valence electrons. The van der Waals surface area contributed by atoms with E-state index in [1.165, 1.54) is 0 Å².